The minimum Gasteiger partial charge on any atom is -0.458 e. The molecule has 6 fully saturated rings. The molecule has 3 saturated carbocycles. The van der Waals surface area contributed by atoms with Gasteiger partial charge in [-0.15, -0.1) is 0 Å². The summed E-state index contributed by atoms with van der Waals surface area (Å²) in [6.45, 7) is 5.29. The molecule has 4 aliphatic carbocycles. The van der Waals surface area contributed by atoms with E-state index in [9.17, 15) is 30.0 Å². The first-order chi connectivity index (χ1) is 19.7. The van der Waals surface area contributed by atoms with Crippen LogP contribution in [0.25, 0.3) is 0 Å². The predicted molar refractivity (Wildman–Crippen MR) is 138 cm³/mol. The summed E-state index contributed by atoms with van der Waals surface area (Å²) < 4.78 is 35.6. The largest absolute Gasteiger partial charge is 0.458 e. The Morgan fingerprint density at radius 3 is 2.52 bits per heavy atom. The molecule has 12 nitrogen and oxygen atoms in total. The molecule has 12 heteroatoms. The monoisotopic (exact) mass is 590 g/mol. The van der Waals surface area contributed by atoms with E-state index in [1.165, 1.54) is 13.2 Å². The Morgan fingerprint density at radius 2 is 1.83 bits per heavy atom. The average molecular weight is 591 g/mol. The molecule has 0 bridgehead atoms. The predicted octanol–water partition coefficient (Wildman–Crippen LogP) is -0.352. The first kappa shape index (κ1) is 27.8. The molecule has 8 rings (SSSR count). The Labute approximate surface area is 242 Å². The lowest BCUT2D eigenvalue weighted by atomic mass is 9.43. The van der Waals surface area contributed by atoms with E-state index in [2.05, 4.69) is 0 Å². The van der Waals surface area contributed by atoms with Crippen molar-refractivity contribution in [2.75, 3.05) is 13.7 Å². The number of carbonyl (C=O) groups is 2. The maximum atomic E-state index is 14.3. The Kier molecular flexibility index (Phi) is 5.48. The van der Waals surface area contributed by atoms with Gasteiger partial charge in [0.1, 0.15) is 36.1 Å². The van der Waals surface area contributed by atoms with Crippen LogP contribution in [0, 0.1) is 22.7 Å². The number of aliphatic hydroxyl groups excluding tert-OH is 2. The number of hydrogen-bond acceptors (Lipinski definition) is 12. The lowest BCUT2D eigenvalue weighted by molar-refractivity contribution is -0.450. The van der Waals surface area contributed by atoms with Gasteiger partial charge in [-0.25, -0.2) is 4.79 Å². The van der Waals surface area contributed by atoms with Crippen molar-refractivity contribution < 1.29 is 58.4 Å². The molecule has 0 aromatic heterocycles. The zero-order chi connectivity index (χ0) is 29.8. The SMILES string of the molecule is COC1CC(C)OC2OC3C=C4CC5OC56C(C(O)C(=O)C5(C)C(C7=CC(=O)OC7)C(O)CC56O)C4(C)CC3OC12O. The number of epoxide rings is 1. The molecule has 3 saturated heterocycles. The molecule has 15 atom stereocenters. The highest BCUT2D eigenvalue weighted by atomic mass is 16.8. The number of hydrogen-bond donors (Lipinski definition) is 4. The van der Waals surface area contributed by atoms with Crippen LogP contribution in [0.5, 0.6) is 0 Å². The van der Waals surface area contributed by atoms with E-state index in [0.717, 1.165) is 5.57 Å². The van der Waals surface area contributed by atoms with E-state index < -0.39 is 94.3 Å². The highest BCUT2D eigenvalue weighted by Gasteiger charge is 2.89. The Balaban J connectivity index is 1.19. The second-order valence-corrected chi connectivity index (χ2v) is 14.1. The van der Waals surface area contributed by atoms with Gasteiger partial charge in [-0.1, -0.05) is 18.6 Å². The fourth-order valence-electron chi connectivity index (χ4n) is 10.3. The second kappa shape index (κ2) is 8.29. The van der Waals surface area contributed by atoms with E-state index >= 15 is 0 Å². The van der Waals surface area contributed by atoms with Crippen molar-refractivity contribution >= 4 is 11.8 Å². The van der Waals surface area contributed by atoms with Gasteiger partial charge in [0.25, 0.3) is 0 Å². The Hall–Kier alpha value is -1.74. The van der Waals surface area contributed by atoms with Crippen molar-refractivity contribution in [3.63, 3.8) is 0 Å². The molecule has 42 heavy (non-hydrogen) atoms. The normalized spacial score (nSPS) is 59.2. The number of carbonyl (C=O) groups excluding carboxylic acids is 2. The molecule has 4 aliphatic heterocycles. The van der Waals surface area contributed by atoms with E-state index in [0.29, 0.717) is 18.4 Å². The summed E-state index contributed by atoms with van der Waals surface area (Å²) >= 11 is 0. The molecule has 8 aliphatic rings. The Bertz CT molecular complexity index is 1330. The van der Waals surface area contributed by atoms with Crippen LogP contribution in [-0.4, -0.2) is 112 Å². The van der Waals surface area contributed by atoms with Crippen LogP contribution in [0.4, 0.5) is 0 Å². The number of Topliss-reactive ketones (excluding diaryl/α,β-unsaturated/α-hetero) is 1. The molecule has 4 N–H and O–H groups in total. The van der Waals surface area contributed by atoms with Gasteiger partial charge in [-0.05, 0) is 37.7 Å². The van der Waals surface area contributed by atoms with Crippen LogP contribution < -0.4 is 0 Å². The quantitative estimate of drug-likeness (QED) is 0.187. The molecule has 1 spiro atoms. The van der Waals surface area contributed by atoms with Gasteiger partial charge < -0.3 is 48.8 Å². The van der Waals surface area contributed by atoms with Crippen molar-refractivity contribution in [3.8, 4) is 0 Å². The van der Waals surface area contributed by atoms with Gasteiger partial charge in [0, 0.05) is 37.9 Å². The third-order valence-corrected chi connectivity index (χ3v) is 12.2. The summed E-state index contributed by atoms with van der Waals surface area (Å²) in [5, 5.41) is 47.5. The molecule has 230 valence electrons. The molecular weight excluding hydrogens is 552 g/mol. The minimum atomic E-state index is -1.86. The lowest BCUT2D eigenvalue weighted by Crippen LogP contribution is -2.75. The summed E-state index contributed by atoms with van der Waals surface area (Å²) in [4.78, 5) is 26.2. The van der Waals surface area contributed by atoms with Gasteiger partial charge in [0.2, 0.25) is 12.1 Å². The van der Waals surface area contributed by atoms with Gasteiger partial charge in [-0.2, -0.15) is 0 Å². The first-order valence-electron chi connectivity index (χ1n) is 14.9. The molecule has 15 unspecified atom stereocenters. The second-order valence-electron chi connectivity index (χ2n) is 14.1. The third kappa shape index (κ3) is 2.99. The van der Waals surface area contributed by atoms with Gasteiger partial charge in [0.15, 0.2) is 5.78 Å². The highest BCUT2D eigenvalue weighted by molar-refractivity contribution is 5.94. The van der Waals surface area contributed by atoms with Crippen molar-refractivity contribution in [2.24, 2.45) is 22.7 Å². The van der Waals surface area contributed by atoms with Gasteiger partial charge >= 0.3 is 5.97 Å². The number of esters is 1. The minimum absolute atomic E-state index is 0.0871. The number of ketones is 1. The van der Waals surface area contributed by atoms with E-state index in [1.807, 2.05) is 19.9 Å². The summed E-state index contributed by atoms with van der Waals surface area (Å²) in [6.07, 6.45) is -2.25. The highest BCUT2D eigenvalue weighted by Crippen LogP contribution is 2.76. The summed E-state index contributed by atoms with van der Waals surface area (Å²) in [6, 6.07) is 0. The zero-order valence-corrected chi connectivity index (χ0v) is 24.0. The summed E-state index contributed by atoms with van der Waals surface area (Å²) in [5.41, 5.74) is -4.31. The van der Waals surface area contributed by atoms with Crippen LogP contribution in [0.2, 0.25) is 0 Å². The smallest absolute Gasteiger partial charge is 0.331 e. The van der Waals surface area contributed by atoms with E-state index in [4.69, 9.17) is 28.4 Å². The number of cyclic esters (lactones) is 1. The van der Waals surface area contributed by atoms with E-state index in [-0.39, 0.29) is 25.6 Å². The van der Waals surface area contributed by atoms with Crippen LogP contribution >= 0.6 is 0 Å². The number of aliphatic hydroxyl groups is 4. The maximum absolute atomic E-state index is 14.3. The number of rotatable bonds is 2. The molecule has 0 aromatic rings. The van der Waals surface area contributed by atoms with Crippen LogP contribution in [0.1, 0.15) is 46.5 Å². The summed E-state index contributed by atoms with van der Waals surface area (Å²) in [5.74, 6) is -4.81. The van der Waals surface area contributed by atoms with Crippen molar-refractivity contribution in [2.45, 2.75) is 112 Å². The van der Waals surface area contributed by atoms with E-state index in [1.54, 1.807) is 6.92 Å². The zero-order valence-electron chi connectivity index (χ0n) is 24.0. The fourth-order valence-corrected chi connectivity index (χ4v) is 10.3. The van der Waals surface area contributed by atoms with Gasteiger partial charge in [0.05, 0.1) is 29.8 Å². The lowest BCUT2D eigenvalue weighted by Gasteiger charge is -2.62. The van der Waals surface area contributed by atoms with Crippen molar-refractivity contribution in [3.05, 3.63) is 23.3 Å². The summed E-state index contributed by atoms with van der Waals surface area (Å²) in [7, 11) is 1.50. The van der Waals surface area contributed by atoms with Crippen LogP contribution in [0.15, 0.2) is 23.3 Å². The standard InChI is InChI=1S/C30H38O12/c1-12-5-19(37-4)30(36)25(39-12)40-16-7-14-8-18-29(42-18)23(26(14,2)10-17(16)41-30)22(33)24(34)27(3)21(13-6-20(32)38-11-13)15(31)9-28(27,29)35/h6-7,12,15-19,21-23,25,31,33,35-36H,5,8-11H2,1-4H3. The molecule has 4 heterocycles. The first-order valence-corrected chi connectivity index (χ1v) is 14.9. The maximum Gasteiger partial charge on any atom is 0.331 e. The van der Waals surface area contributed by atoms with Crippen molar-refractivity contribution in [1.29, 1.82) is 0 Å². The Morgan fingerprint density at radius 1 is 1.07 bits per heavy atom. The van der Waals surface area contributed by atoms with Crippen LogP contribution in [-0.2, 0) is 38.0 Å². The van der Waals surface area contributed by atoms with Gasteiger partial charge in [-0.3, -0.25) is 4.79 Å². The topological polar surface area (TPSA) is 174 Å². The number of methoxy groups -OCH3 is 1. The van der Waals surface area contributed by atoms with Crippen molar-refractivity contribution in [1.82, 2.24) is 0 Å². The third-order valence-electron chi connectivity index (χ3n) is 12.2. The molecule has 0 radical (unpaired) electrons. The molecule has 0 aromatic carbocycles. The molecule has 0 amide bonds. The number of ether oxygens (including phenoxy) is 6. The average Bonchev–Trinajstić information content (AvgIpc) is 3.41. The molecular formula is C30H38O12. The number of fused-ring (bicyclic) bond motifs is 5. The van der Waals surface area contributed by atoms with Crippen LogP contribution in [0.3, 0.4) is 0 Å². The fraction of sp³-hybridized carbons (Fsp3) is 0.800.